The second kappa shape index (κ2) is 7.85. The van der Waals surface area contributed by atoms with Crippen LogP contribution in [0.3, 0.4) is 0 Å². The maximum Gasteiger partial charge on any atom is 0.217 e. The number of aromatic nitrogens is 3. The second-order valence-electron chi connectivity index (χ2n) is 6.06. The first-order valence-corrected chi connectivity index (χ1v) is 8.78. The molecule has 132 valence electrons. The Bertz CT molecular complexity index is 811. The van der Waals surface area contributed by atoms with Gasteiger partial charge in [-0.15, -0.1) is 0 Å². The summed E-state index contributed by atoms with van der Waals surface area (Å²) in [6.45, 7) is 5.03. The van der Waals surface area contributed by atoms with E-state index in [0.29, 0.717) is 24.7 Å². The van der Waals surface area contributed by atoms with Crippen LogP contribution in [-0.2, 0) is 13.2 Å². The van der Waals surface area contributed by atoms with Gasteiger partial charge in [0.2, 0.25) is 5.88 Å². The highest BCUT2D eigenvalue weighted by molar-refractivity contribution is 6.31. The molecule has 1 aliphatic carbocycles. The third kappa shape index (κ3) is 4.11. The van der Waals surface area contributed by atoms with Gasteiger partial charge < -0.3 is 9.84 Å². The number of nitrogens with zero attached hydrogens (tertiary/aromatic N) is 3. The molecule has 0 saturated carbocycles. The maximum absolute atomic E-state index is 9.25. The zero-order valence-electron chi connectivity index (χ0n) is 14.4. The molecule has 6 heteroatoms. The minimum Gasteiger partial charge on any atom is -0.478 e. The highest BCUT2D eigenvalue weighted by Gasteiger charge is 2.18. The number of ether oxygens (including phenoxy) is 1. The molecule has 0 aliphatic heterocycles. The summed E-state index contributed by atoms with van der Waals surface area (Å²) in [6.07, 6.45) is 8.71. The SMILES string of the molecule is CCOc1ncc(Cn2nc(CO)cc2C)cc1C1C=C(Cl)C=CC1. The van der Waals surface area contributed by atoms with Gasteiger partial charge in [-0.1, -0.05) is 23.8 Å². The highest BCUT2D eigenvalue weighted by atomic mass is 35.5. The van der Waals surface area contributed by atoms with Crippen LogP contribution in [0.1, 0.15) is 41.8 Å². The monoisotopic (exact) mass is 359 g/mol. The highest BCUT2D eigenvalue weighted by Crippen LogP contribution is 2.34. The molecule has 0 bridgehead atoms. The molecule has 1 N–H and O–H groups in total. The summed E-state index contributed by atoms with van der Waals surface area (Å²) < 4.78 is 7.58. The summed E-state index contributed by atoms with van der Waals surface area (Å²) in [4.78, 5) is 4.51. The van der Waals surface area contributed by atoms with E-state index in [4.69, 9.17) is 16.3 Å². The van der Waals surface area contributed by atoms with Crippen LogP contribution in [0.2, 0.25) is 0 Å². The van der Waals surface area contributed by atoms with Crippen LogP contribution in [0.15, 0.2) is 41.6 Å². The van der Waals surface area contributed by atoms with Gasteiger partial charge in [0.25, 0.3) is 0 Å². The number of aliphatic hydroxyl groups excluding tert-OH is 1. The van der Waals surface area contributed by atoms with Crippen LogP contribution < -0.4 is 4.74 Å². The van der Waals surface area contributed by atoms with Crippen LogP contribution in [0, 0.1) is 6.92 Å². The van der Waals surface area contributed by atoms with Crippen LogP contribution in [0.25, 0.3) is 0 Å². The van der Waals surface area contributed by atoms with Crippen molar-refractivity contribution >= 4 is 11.6 Å². The van der Waals surface area contributed by atoms with Crippen molar-refractivity contribution in [1.82, 2.24) is 14.8 Å². The Kier molecular flexibility index (Phi) is 5.56. The summed E-state index contributed by atoms with van der Waals surface area (Å²) >= 11 is 6.18. The van der Waals surface area contributed by atoms with Crippen molar-refractivity contribution in [3.63, 3.8) is 0 Å². The van der Waals surface area contributed by atoms with Crippen molar-refractivity contribution in [3.05, 3.63) is 64.1 Å². The molecular weight excluding hydrogens is 338 g/mol. The van der Waals surface area contributed by atoms with Gasteiger partial charge in [-0.05, 0) is 44.0 Å². The summed E-state index contributed by atoms with van der Waals surface area (Å²) in [5.41, 5.74) is 3.74. The van der Waals surface area contributed by atoms with E-state index < -0.39 is 0 Å². The van der Waals surface area contributed by atoms with Crippen molar-refractivity contribution in [2.45, 2.75) is 39.3 Å². The quantitative estimate of drug-likeness (QED) is 0.854. The summed E-state index contributed by atoms with van der Waals surface area (Å²) in [6, 6.07) is 4.00. The van der Waals surface area contributed by atoms with Crippen LogP contribution in [0.4, 0.5) is 0 Å². The molecule has 2 aromatic rings. The predicted octanol–water partition coefficient (Wildman–Crippen LogP) is 3.69. The molecule has 0 amide bonds. The number of hydrogen-bond acceptors (Lipinski definition) is 4. The zero-order chi connectivity index (χ0) is 17.8. The lowest BCUT2D eigenvalue weighted by Gasteiger charge is -2.19. The van der Waals surface area contributed by atoms with Gasteiger partial charge in [0.05, 0.1) is 25.5 Å². The third-order valence-corrected chi connectivity index (χ3v) is 4.42. The third-order valence-electron chi connectivity index (χ3n) is 4.17. The molecule has 0 aromatic carbocycles. The maximum atomic E-state index is 9.25. The first-order chi connectivity index (χ1) is 12.1. The van der Waals surface area contributed by atoms with Gasteiger partial charge >= 0.3 is 0 Å². The van der Waals surface area contributed by atoms with Crippen LogP contribution in [0.5, 0.6) is 5.88 Å². The lowest BCUT2D eigenvalue weighted by atomic mass is 9.92. The Labute approximate surface area is 152 Å². The van der Waals surface area contributed by atoms with Crippen molar-refractivity contribution in [2.24, 2.45) is 0 Å². The standard InChI is InChI=1S/C19H22ClN3O2/c1-3-25-19-18(15-5-4-6-16(20)9-15)8-14(10-21-19)11-23-13(2)7-17(12-24)22-23/h4,6-10,15,24H,3,5,11-12H2,1-2H3. The summed E-state index contributed by atoms with van der Waals surface area (Å²) in [5, 5.41) is 14.4. The average molecular weight is 360 g/mol. The van der Waals surface area contributed by atoms with Crippen LogP contribution in [-0.4, -0.2) is 26.5 Å². The number of allylic oxidation sites excluding steroid dienone is 4. The van der Waals surface area contributed by atoms with E-state index in [0.717, 1.165) is 28.3 Å². The fraction of sp³-hybridized carbons (Fsp3) is 0.368. The van der Waals surface area contributed by atoms with E-state index >= 15 is 0 Å². The Morgan fingerprint density at radius 2 is 2.24 bits per heavy atom. The average Bonchev–Trinajstić information content (AvgIpc) is 2.96. The molecule has 2 aromatic heterocycles. The fourth-order valence-corrected chi connectivity index (χ4v) is 3.21. The minimum atomic E-state index is -0.0572. The molecule has 3 rings (SSSR count). The normalized spacial score (nSPS) is 16.8. The molecule has 1 unspecified atom stereocenters. The number of hydrogen-bond donors (Lipinski definition) is 1. The van der Waals surface area contributed by atoms with E-state index in [1.54, 1.807) is 0 Å². The molecule has 1 aliphatic rings. The number of halogens is 1. The summed E-state index contributed by atoms with van der Waals surface area (Å²) in [7, 11) is 0. The number of pyridine rings is 1. The lowest BCUT2D eigenvalue weighted by molar-refractivity contribution is 0.275. The van der Waals surface area contributed by atoms with Gasteiger partial charge in [0.1, 0.15) is 0 Å². The Morgan fingerprint density at radius 3 is 2.92 bits per heavy atom. The van der Waals surface area contributed by atoms with E-state index in [1.165, 1.54) is 0 Å². The largest absolute Gasteiger partial charge is 0.478 e. The fourth-order valence-electron chi connectivity index (χ4n) is 2.97. The van der Waals surface area contributed by atoms with Gasteiger partial charge in [0, 0.05) is 28.4 Å². The van der Waals surface area contributed by atoms with Crippen molar-refractivity contribution in [1.29, 1.82) is 0 Å². The molecule has 25 heavy (non-hydrogen) atoms. The molecular formula is C19H22ClN3O2. The van der Waals surface area contributed by atoms with Gasteiger partial charge in [-0.2, -0.15) is 5.10 Å². The number of rotatable bonds is 6. The van der Waals surface area contributed by atoms with E-state index in [-0.39, 0.29) is 12.5 Å². The minimum absolute atomic E-state index is 0.0572. The van der Waals surface area contributed by atoms with E-state index in [1.807, 2.05) is 42.9 Å². The van der Waals surface area contributed by atoms with E-state index in [9.17, 15) is 5.11 Å². The van der Waals surface area contributed by atoms with Gasteiger partial charge in [-0.25, -0.2) is 4.98 Å². The van der Waals surface area contributed by atoms with Crippen LogP contribution >= 0.6 is 11.6 Å². The smallest absolute Gasteiger partial charge is 0.217 e. The number of aliphatic hydroxyl groups is 1. The molecule has 0 saturated heterocycles. The Morgan fingerprint density at radius 1 is 1.40 bits per heavy atom. The van der Waals surface area contributed by atoms with Gasteiger partial charge in [0.15, 0.2) is 0 Å². The summed E-state index contributed by atoms with van der Waals surface area (Å²) in [5.74, 6) is 0.804. The topological polar surface area (TPSA) is 60.2 Å². The molecule has 0 spiro atoms. The number of aryl methyl sites for hydroxylation is 1. The molecule has 1 atom stereocenters. The predicted molar refractivity (Wildman–Crippen MR) is 97.8 cm³/mol. The first-order valence-electron chi connectivity index (χ1n) is 8.40. The van der Waals surface area contributed by atoms with Gasteiger partial charge in [-0.3, -0.25) is 4.68 Å². The van der Waals surface area contributed by atoms with E-state index in [2.05, 4.69) is 22.2 Å². The van der Waals surface area contributed by atoms with Crippen molar-refractivity contribution in [2.75, 3.05) is 6.61 Å². The lowest BCUT2D eigenvalue weighted by Crippen LogP contribution is -2.09. The van der Waals surface area contributed by atoms with Crippen molar-refractivity contribution < 1.29 is 9.84 Å². The molecule has 0 fully saturated rings. The molecule has 5 nitrogen and oxygen atoms in total. The molecule has 2 heterocycles. The Balaban J connectivity index is 1.92. The molecule has 0 radical (unpaired) electrons. The zero-order valence-corrected chi connectivity index (χ0v) is 15.2. The Hall–Kier alpha value is -2.11. The first kappa shape index (κ1) is 17.7. The second-order valence-corrected chi connectivity index (χ2v) is 6.50. The van der Waals surface area contributed by atoms with Crippen molar-refractivity contribution in [3.8, 4) is 5.88 Å².